The minimum Gasteiger partial charge on any atom is -0.478 e. The molecule has 1 atom stereocenters. The monoisotopic (exact) mass is 252 g/mol. The maximum atomic E-state index is 11.2. The smallest absolute Gasteiger partial charge is 0.339 e. The van der Waals surface area contributed by atoms with E-state index in [1.807, 2.05) is 18.7 Å². The number of aromatic carboxylic acids is 1. The average molecular weight is 252 g/mol. The van der Waals surface area contributed by atoms with Gasteiger partial charge in [0.2, 0.25) is 0 Å². The van der Waals surface area contributed by atoms with E-state index < -0.39 is 5.97 Å². The Bertz CT molecular complexity index is 405. The molecule has 17 heavy (non-hydrogen) atoms. The number of hydrogen-bond donors (Lipinski definition) is 1. The Morgan fingerprint density at radius 1 is 1.71 bits per heavy atom. The van der Waals surface area contributed by atoms with Crippen molar-refractivity contribution in [2.24, 2.45) is 0 Å². The van der Waals surface area contributed by atoms with Crippen LogP contribution in [0.2, 0.25) is 0 Å². The number of aromatic nitrogens is 1. The van der Waals surface area contributed by atoms with Crippen LogP contribution in [0.4, 0.5) is 5.82 Å². The summed E-state index contributed by atoms with van der Waals surface area (Å²) >= 11 is 1.92. The van der Waals surface area contributed by atoms with Gasteiger partial charge in [-0.05, 0) is 31.2 Å². The van der Waals surface area contributed by atoms with Gasteiger partial charge in [-0.15, -0.1) is 0 Å². The molecule has 1 saturated heterocycles. The van der Waals surface area contributed by atoms with Gasteiger partial charge < -0.3 is 10.0 Å². The van der Waals surface area contributed by atoms with Gasteiger partial charge in [0.15, 0.2) is 0 Å². The van der Waals surface area contributed by atoms with E-state index in [4.69, 9.17) is 0 Å². The molecule has 4 nitrogen and oxygen atoms in total. The van der Waals surface area contributed by atoms with Gasteiger partial charge in [-0.2, -0.15) is 11.8 Å². The van der Waals surface area contributed by atoms with Gasteiger partial charge in [0.25, 0.3) is 0 Å². The molecule has 0 saturated carbocycles. The highest BCUT2D eigenvalue weighted by molar-refractivity contribution is 7.99. The van der Waals surface area contributed by atoms with Crippen molar-refractivity contribution in [3.8, 4) is 0 Å². The van der Waals surface area contributed by atoms with Crippen LogP contribution in [0.15, 0.2) is 18.3 Å². The van der Waals surface area contributed by atoms with Gasteiger partial charge in [0.05, 0.1) is 0 Å². The minimum absolute atomic E-state index is 0.297. The highest BCUT2D eigenvalue weighted by atomic mass is 32.2. The van der Waals surface area contributed by atoms with Crippen LogP contribution >= 0.6 is 11.8 Å². The molecule has 0 spiro atoms. The summed E-state index contributed by atoms with van der Waals surface area (Å²) in [4.78, 5) is 17.6. The van der Waals surface area contributed by atoms with Crippen molar-refractivity contribution in [1.29, 1.82) is 0 Å². The van der Waals surface area contributed by atoms with Crippen molar-refractivity contribution in [2.45, 2.75) is 19.4 Å². The summed E-state index contributed by atoms with van der Waals surface area (Å²) in [5.41, 5.74) is 0.297. The number of rotatable bonds is 4. The van der Waals surface area contributed by atoms with Crippen molar-refractivity contribution in [3.63, 3.8) is 0 Å². The highest BCUT2D eigenvalue weighted by Crippen LogP contribution is 2.27. The van der Waals surface area contributed by atoms with Crippen LogP contribution in [0.25, 0.3) is 0 Å². The first kappa shape index (κ1) is 12.2. The molecule has 2 rings (SSSR count). The summed E-state index contributed by atoms with van der Waals surface area (Å²) in [7, 11) is 0. The predicted molar refractivity (Wildman–Crippen MR) is 69.9 cm³/mol. The molecular weight excluding hydrogens is 236 g/mol. The lowest BCUT2D eigenvalue weighted by Gasteiger charge is -2.29. The van der Waals surface area contributed by atoms with Gasteiger partial charge >= 0.3 is 5.97 Å². The van der Waals surface area contributed by atoms with Gasteiger partial charge in [-0.25, -0.2) is 9.78 Å². The molecule has 0 amide bonds. The zero-order valence-corrected chi connectivity index (χ0v) is 10.6. The van der Waals surface area contributed by atoms with Crippen molar-refractivity contribution < 1.29 is 9.90 Å². The first-order valence-corrected chi connectivity index (χ1v) is 6.92. The van der Waals surface area contributed by atoms with Gasteiger partial charge in [-0.1, -0.05) is 0 Å². The number of carboxylic acid groups (broad SMARTS) is 1. The molecule has 1 aromatic rings. The average Bonchev–Trinajstić information content (AvgIpc) is 2.84. The number of carbonyl (C=O) groups is 1. The molecule has 1 aromatic heterocycles. The second-order valence-corrected chi connectivity index (χ2v) is 5.13. The third-order valence-electron chi connectivity index (χ3n) is 2.98. The van der Waals surface area contributed by atoms with E-state index in [9.17, 15) is 9.90 Å². The molecule has 1 aliphatic rings. The molecule has 1 N–H and O–H groups in total. The predicted octanol–water partition coefficient (Wildman–Crippen LogP) is 2.11. The Hall–Kier alpha value is -1.23. The van der Waals surface area contributed by atoms with Crippen LogP contribution in [-0.4, -0.2) is 40.2 Å². The standard InChI is InChI=1S/C12H16N2O2S/c1-2-14(9-5-7-17-8-9)11-10(12(15)16)4-3-6-13-11/h3-4,6,9H,2,5,7-8H2,1H3,(H,15,16)/t9-/m1/s1. The Morgan fingerprint density at radius 3 is 3.12 bits per heavy atom. The topological polar surface area (TPSA) is 53.4 Å². The van der Waals surface area contributed by atoms with Crippen LogP contribution in [0.1, 0.15) is 23.7 Å². The Kier molecular flexibility index (Phi) is 3.89. The van der Waals surface area contributed by atoms with E-state index in [0.29, 0.717) is 17.4 Å². The quantitative estimate of drug-likeness (QED) is 0.889. The normalized spacial score (nSPS) is 19.2. The fourth-order valence-electron chi connectivity index (χ4n) is 2.14. The summed E-state index contributed by atoms with van der Waals surface area (Å²) in [6.07, 6.45) is 2.76. The third-order valence-corrected chi connectivity index (χ3v) is 4.12. The second kappa shape index (κ2) is 5.40. The first-order valence-electron chi connectivity index (χ1n) is 5.76. The maximum absolute atomic E-state index is 11.2. The van der Waals surface area contributed by atoms with Crippen molar-refractivity contribution >= 4 is 23.5 Å². The number of pyridine rings is 1. The number of thioether (sulfide) groups is 1. The maximum Gasteiger partial charge on any atom is 0.339 e. The third kappa shape index (κ3) is 2.54. The molecule has 0 unspecified atom stereocenters. The molecule has 0 aliphatic carbocycles. The number of nitrogens with zero attached hydrogens (tertiary/aromatic N) is 2. The first-order chi connectivity index (χ1) is 8.24. The lowest BCUT2D eigenvalue weighted by atomic mass is 10.1. The van der Waals surface area contributed by atoms with Crippen molar-refractivity contribution in [3.05, 3.63) is 23.9 Å². The van der Waals surface area contributed by atoms with Crippen LogP contribution < -0.4 is 4.90 Å². The summed E-state index contributed by atoms with van der Waals surface area (Å²) < 4.78 is 0. The summed E-state index contributed by atoms with van der Waals surface area (Å²) in [5, 5.41) is 9.18. The lowest BCUT2D eigenvalue weighted by Crippen LogP contribution is -2.36. The van der Waals surface area contributed by atoms with Crippen molar-refractivity contribution in [1.82, 2.24) is 4.98 Å². The van der Waals surface area contributed by atoms with Crippen LogP contribution in [0.3, 0.4) is 0 Å². The fraction of sp³-hybridized carbons (Fsp3) is 0.500. The highest BCUT2D eigenvalue weighted by Gasteiger charge is 2.26. The molecule has 0 aromatic carbocycles. The van der Waals surface area contributed by atoms with E-state index in [-0.39, 0.29) is 0 Å². The largest absolute Gasteiger partial charge is 0.478 e. The van der Waals surface area contributed by atoms with Gasteiger partial charge in [0.1, 0.15) is 11.4 Å². The Balaban J connectivity index is 2.32. The lowest BCUT2D eigenvalue weighted by molar-refractivity contribution is 0.0697. The van der Waals surface area contributed by atoms with E-state index in [1.54, 1.807) is 18.3 Å². The Morgan fingerprint density at radius 2 is 2.53 bits per heavy atom. The molecule has 5 heteroatoms. The van der Waals surface area contributed by atoms with Crippen LogP contribution in [0, 0.1) is 0 Å². The zero-order valence-electron chi connectivity index (χ0n) is 9.80. The minimum atomic E-state index is -0.905. The van der Waals surface area contributed by atoms with E-state index in [0.717, 1.165) is 24.5 Å². The van der Waals surface area contributed by atoms with Crippen molar-refractivity contribution in [2.75, 3.05) is 23.0 Å². The SMILES string of the molecule is CCN(c1ncccc1C(=O)O)[C@@H]1CCSC1. The molecular formula is C12H16N2O2S. The van der Waals surface area contributed by atoms with Crippen LogP contribution in [0.5, 0.6) is 0 Å². The van der Waals surface area contributed by atoms with E-state index >= 15 is 0 Å². The number of anilines is 1. The fourth-order valence-corrected chi connectivity index (χ4v) is 3.37. The number of hydrogen-bond acceptors (Lipinski definition) is 4. The van der Waals surface area contributed by atoms with E-state index in [1.165, 1.54) is 0 Å². The second-order valence-electron chi connectivity index (χ2n) is 3.98. The van der Waals surface area contributed by atoms with Gasteiger partial charge in [0, 0.05) is 24.5 Å². The molecule has 1 fully saturated rings. The molecule has 2 heterocycles. The summed E-state index contributed by atoms with van der Waals surface area (Å²) in [6.45, 7) is 2.84. The van der Waals surface area contributed by atoms with E-state index in [2.05, 4.69) is 9.88 Å². The summed E-state index contributed by atoms with van der Waals surface area (Å²) in [6, 6.07) is 3.71. The number of carboxylic acids is 1. The molecule has 0 bridgehead atoms. The van der Waals surface area contributed by atoms with Gasteiger partial charge in [-0.3, -0.25) is 0 Å². The molecule has 1 aliphatic heterocycles. The zero-order chi connectivity index (χ0) is 12.3. The van der Waals surface area contributed by atoms with Crippen LogP contribution in [-0.2, 0) is 0 Å². The molecule has 0 radical (unpaired) electrons. The molecule has 92 valence electrons. The summed E-state index contributed by atoms with van der Waals surface area (Å²) in [5.74, 6) is 1.91. The Labute approximate surface area is 105 Å².